The second-order valence-corrected chi connectivity index (χ2v) is 8.11. The van der Waals surface area contributed by atoms with E-state index in [9.17, 15) is 17.6 Å². The number of hydrogen-bond acceptors (Lipinski definition) is 4. The molecular formula is C18H22FN3O3S. The number of hydrogen-bond donors (Lipinski definition) is 2. The third-order valence-electron chi connectivity index (χ3n) is 3.83. The summed E-state index contributed by atoms with van der Waals surface area (Å²) >= 11 is 0. The van der Waals surface area contributed by atoms with E-state index in [0.717, 1.165) is 4.31 Å². The van der Waals surface area contributed by atoms with Crippen molar-refractivity contribution in [1.29, 1.82) is 0 Å². The lowest BCUT2D eigenvalue weighted by Gasteiger charge is -2.15. The monoisotopic (exact) mass is 379 g/mol. The molecule has 1 amide bonds. The third-order valence-corrected chi connectivity index (χ3v) is 5.75. The number of aryl methyl sites for hydroxylation is 1. The van der Waals surface area contributed by atoms with Gasteiger partial charge in [-0.2, -0.15) is 0 Å². The molecule has 8 heteroatoms. The molecule has 2 aromatic carbocycles. The topological polar surface area (TPSA) is 78.5 Å². The van der Waals surface area contributed by atoms with Crippen molar-refractivity contribution >= 4 is 21.6 Å². The number of carbonyl (C=O) groups excluding carboxylic acids is 1. The molecule has 2 rings (SSSR count). The lowest BCUT2D eigenvalue weighted by molar-refractivity contribution is -0.119. The molecule has 0 heterocycles. The largest absolute Gasteiger partial charge is 0.376 e. The minimum Gasteiger partial charge on any atom is -0.376 e. The first-order chi connectivity index (χ1) is 12.2. The Kier molecular flexibility index (Phi) is 6.33. The summed E-state index contributed by atoms with van der Waals surface area (Å²) in [6, 6.07) is 11.1. The molecule has 0 saturated carbocycles. The van der Waals surface area contributed by atoms with Crippen LogP contribution < -0.4 is 10.6 Å². The molecule has 0 bridgehead atoms. The number of nitrogens with zero attached hydrogens (tertiary/aromatic N) is 1. The molecule has 2 aromatic rings. The van der Waals surface area contributed by atoms with Crippen LogP contribution in [0.4, 0.5) is 10.1 Å². The van der Waals surface area contributed by atoms with Gasteiger partial charge in [0, 0.05) is 26.3 Å². The number of rotatable bonds is 7. The molecule has 26 heavy (non-hydrogen) atoms. The number of nitrogens with one attached hydrogen (secondary N) is 2. The van der Waals surface area contributed by atoms with Gasteiger partial charge < -0.3 is 10.6 Å². The van der Waals surface area contributed by atoms with Crippen LogP contribution in [0.1, 0.15) is 11.1 Å². The smallest absolute Gasteiger partial charge is 0.242 e. The third kappa shape index (κ3) is 4.80. The fourth-order valence-electron chi connectivity index (χ4n) is 2.24. The fraction of sp³-hybridized carbons (Fsp3) is 0.278. The standard InChI is InChI=1S/C18H22FN3O3S/c1-13-8-9-15(10-16(13)19)20-12-18(23)21-11-14-6-4-5-7-17(14)26(24,25)22(2)3/h4-10,20H,11-12H2,1-3H3,(H,21,23). The first kappa shape index (κ1) is 19.9. The van der Waals surface area contributed by atoms with Gasteiger partial charge in [0.1, 0.15) is 5.82 Å². The molecule has 0 aliphatic heterocycles. The maximum atomic E-state index is 13.5. The van der Waals surface area contributed by atoms with Crippen LogP contribution in [0.2, 0.25) is 0 Å². The summed E-state index contributed by atoms with van der Waals surface area (Å²) in [6.07, 6.45) is 0. The number of halogens is 1. The molecule has 0 spiro atoms. The molecular weight excluding hydrogens is 357 g/mol. The predicted molar refractivity (Wildman–Crippen MR) is 98.8 cm³/mol. The summed E-state index contributed by atoms with van der Waals surface area (Å²) in [7, 11) is -0.687. The van der Waals surface area contributed by atoms with Crippen LogP contribution in [0.25, 0.3) is 0 Å². The van der Waals surface area contributed by atoms with Gasteiger partial charge in [-0.15, -0.1) is 0 Å². The second kappa shape index (κ2) is 8.29. The minimum atomic E-state index is -3.59. The lowest BCUT2D eigenvalue weighted by atomic mass is 10.2. The van der Waals surface area contributed by atoms with Gasteiger partial charge in [0.2, 0.25) is 15.9 Å². The first-order valence-electron chi connectivity index (χ1n) is 7.99. The number of benzene rings is 2. The van der Waals surface area contributed by atoms with E-state index in [1.807, 2.05) is 0 Å². The van der Waals surface area contributed by atoms with Crippen molar-refractivity contribution in [3.8, 4) is 0 Å². The molecule has 0 aliphatic carbocycles. The molecule has 140 valence electrons. The zero-order chi connectivity index (χ0) is 19.3. The highest BCUT2D eigenvalue weighted by Crippen LogP contribution is 2.18. The van der Waals surface area contributed by atoms with E-state index < -0.39 is 10.0 Å². The lowest BCUT2D eigenvalue weighted by Crippen LogP contribution is -2.30. The summed E-state index contributed by atoms with van der Waals surface area (Å²) < 4.78 is 39.3. The van der Waals surface area contributed by atoms with E-state index in [-0.39, 0.29) is 29.7 Å². The van der Waals surface area contributed by atoms with Crippen molar-refractivity contribution in [3.05, 3.63) is 59.4 Å². The van der Waals surface area contributed by atoms with E-state index in [4.69, 9.17) is 0 Å². The fourth-order valence-corrected chi connectivity index (χ4v) is 3.36. The van der Waals surface area contributed by atoms with Crippen LogP contribution in [0.3, 0.4) is 0 Å². The molecule has 0 saturated heterocycles. The molecule has 0 radical (unpaired) electrons. The Labute approximate surface area is 153 Å². The number of anilines is 1. The van der Waals surface area contributed by atoms with Gasteiger partial charge in [-0.25, -0.2) is 17.1 Å². The van der Waals surface area contributed by atoms with Crippen molar-refractivity contribution in [1.82, 2.24) is 9.62 Å². The van der Waals surface area contributed by atoms with Gasteiger partial charge in [0.25, 0.3) is 0 Å². The van der Waals surface area contributed by atoms with Crippen molar-refractivity contribution in [3.63, 3.8) is 0 Å². The highest BCUT2D eigenvalue weighted by molar-refractivity contribution is 7.89. The van der Waals surface area contributed by atoms with Gasteiger partial charge in [0.05, 0.1) is 11.4 Å². The first-order valence-corrected chi connectivity index (χ1v) is 9.43. The molecule has 0 unspecified atom stereocenters. The van der Waals surface area contributed by atoms with Crippen molar-refractivity contribution in [2.75, 3.05) is 26.0 Å². The highest BCUT2D eigenvalue weighted by Gasteiger charge is 2.20. The highest BCUT2D eigenvalue weighted by atomic mass is 32.2. The van der Waals surface area contributed by atoms with E-state index in [1.54, 1.807) is 37.3 Å². The van der Waals surface area contributed by atoms with E-state index in [1.165, 1.54) is 26.2 Å². The Hall–Kier alpha value is -2.45. The maximum absolute atomic E-state index is 13.5. The normalized spacial score (nSPS) is 11.4. The van der Waals surface area contributed by atoms with Crippen LogP contribution in [0, 0.1) is 12.7 Å². The Morgan fingerprint density at radius 1 is 1.15 bits per heavy atom. The van der Waals surface area contributed by atoms with Crippen LogP contribution in [0.5, 0.6) is 0 Å². The number of sulfonamides is 1. The van der Waals surface area contributed by atoms with Crippen LogP contribution in [-0.2, 0) is 21.4 Å². The van der Waals surface area contributed by atoms with Gasteiger partial charge in [-0.05, 0) is 36.2 Å². The van der Waals surface area contributed by atoms with E-state index in [0.29, 0.717) is 16.8 Å². The van der Waals surface area contributed by atoms with Crippen LogP contribution in [0.15, 0.2) is 47.4 Å². The van der Waals surface area contributed by atoms with Crippen molar-refractivity contribution in [2.24, 2.45) is 0 Å². The molecule has 6 nitrogen and oxygen atoms in total. The average Bonchev–Trinajstić information content (AvgIpc) is 2.61. The predicted octanol–water partition coefficient (Wildman–Crippen LogP) is 2.11. The Morgan fingerprint density at radius 2 is 1.85 bits per heavy atom. The molecule has 0 atom stereocenters. The Balaban J connectivity index is 1.99. The van der Waals surface area contributed by atoms with E-state index in [2.05, 4.69) is 10.6 Å². The maximum Gasteiger partial charge on any atom is 0.242 e. The SMILES string of the molecule is Cc1ccc(NCC(=O)NCc2ccccc2S(=O)(=O)N(C)C)cc1F. The van der Waals surface area contributed by atoms with E-state index >= 15 is 0 Å². The van der Waals surface area contributed by atoms with Gasteiger partial charge in [0.15, 0.2) is 0 Å². The molecule has 0 fully saturated rings. The van der Waals surface area contributed by atoms with Crippen LogP contribution in [-0.4, -0.2) is 39.3 Å². The summed E-state index contributed by atoms with van der Waals surface area (Å²) in [5.41, 5.74) is 1.52. The Morgan fingerprint density at radius 3 is 2.50 bits per heavy atom. The zero-order valence-corrected chi connectivity index (χ0v) is 15.7. The summed E-state index contributed by atoms with van der Waals surface area (Å²) in [6.45, 7) is 1.68. The van der Waals surface area contributed by atoms with Gasteiger partial charge in [-0.1, -0.05) is 24.3 Å². The minimum absolute atomic E-state index is 0.0505. The summed E-state index contributed by atoms with van der Waals surface area (Å²) in [5.74, 6) is -0.679. The van der Waals surface area contributed by atoms with Crippen molar-refractivity contribution < 1.29 is 17.6 Å². The summed E-state index contributed by atoms with van der Waals surface area (Å²) in [4.78, 5) is 12.2. The average molecular weight is 379 g/mol. The van der Waals surface area contributed by atoms with Gasteiger partial charge >= 0.3 is 0 Å². The van der Waals surface area contributed by atoms with Crippen molar-refractivity contribution in [2.45, 2.75) is 18.4 Å². The van der Waals surface area contributed by atoms with Gasteiger partial charge in [-0.3, -0.25) is 4.79 Å². The number of amides is 1. The molecule has 2 N–H and O–H groups in total. The molecule has 0 aliphatic rings. The quantitative estimate of drug-likeness (QED) is 0.772. The Bertz CT molecular complexity index is 898. The zero-order valence-electron chi connectivity index (χ0n) is 14.9. The summed E-state index contributed by atoms with van der Waals surface area (Å²) in [5, 5.41) is 5.50. The number of carbonyl (C=O) groups is 1. The van der Waals surface area contributed by atoms with Crippen LogP contribution >= 0.6 is 0 Å². The molecule has 0 aromatic heterocycles. The second-order valence-electron chi connectivity index (χ2n) is 5.99.